The number of aromatic nitrogens is 1. The fourth-order valence-electron chi connectivity index (χ4n) is 2.54. The molecule has 1 heterocycles. The smallest absolute Gasteiger partial charge is 0.134 e. The van der Waals surface area contributed by atoms with Crippen LogP contribution in [0, 0.1) is 0 Å². The van der Waals surface area contributed by atoms with E-state index in [1.807, 2.05) is 24.4 Å². The Hall–Kier alpha value is -1.81. The molecule has 0 spiro atoms. The van der Waals surface area contributed by atoms with Gasteiger partial charge in [0.05, 0.1) is 7.11 Å². The third-order valence-electron chi connectivity index (χ3n) is 3.78. The highest BCUT2D eigenvalue weighted by Crippen LogP contribution is 2.26. The van der Waals surface area contributed by atoms with Crippen molar-refractivity contribution in [2.75, 3.05) is 32.1 Å². The van der Waals surface area contributed by atoms with E-state index in [-0.39, 0.29) is 0 Å². The van der Waals surface area contributed by atoms with E-state index in [0.29, 0.717) is 6.04 Å². The molecule has 0 saturated carbocycles. The van der Waals surface area contributed by atoms with Gasteiger partial charge in [0.2, 0.25) is 0 Å². The van der Waals surface area contributed by atoms with Crippen LogP contribution in [0.25, 0.3) is 10.8 Å². The van der Waals surface area contributed by atoms with E-state index < -0.39 is 0 Å². The molecule has 0 aliphatic carbocycles. The van der Waals surface area contributed by atoms with Crippen LogP contribution in [0.4, 0.5) is 5.82 Å². The second-order valence-electron chi connectivity index (χ2n) is 5.28. The molecule has 0 radical (unpaired) electrons. The average Bonchev–Trinajstić information content (AvgIpc) is 2.52. The summed E-state index contributed by atoms with van der Waals surface area (Å²) in [4.78, 5) is 6.90. The number of anilines is 1. The van der Waals surface area contributed by atoms with E-state index in [2.05, 4.69) is 42.0 Å². The van der Waals surface area contributed by atoms with Crippen molar-refractivity contribution in [2.45, 2.75) is 26.8 Å². The Balaban J connectivity index is 2.21. The van der Waals surface area contributed by atoms with Gasteiger partial charge >= 0.3 is 0 Å². The number of likely N-dealkylation sites (N-methyl/N-ethyl adjacent to an activating group) is 1. The molecule has 4 heteroatoms. The van der Waals surface area contributed by atoms with E-state index in [0.717, 1.165) is 36.6 Å². The summed E-state index contributed by atoms with van der Waals surface area (Å²) in [5.74, 6) is 1.78. The fourth-order valence-corrected chi connectivity index (χ4v) is 2.54. The summed E-state index contributed by atoms with van der Waals surface area (Å²) in [7, 11) is 1.69. The first kappa shape index (κ1) is 15.6. The Morgan fingerprint density at radius 2 is 2.00 bits per heavy atom. The normalized spacial score (nSPS) is 12.6. The number of nitrogens with one attached hydrogen (secondary N) is 1. The molecule has 114 valence electrons. The molecule has 1 atom stereocenters. The molecule has 1 aromatic carbocycles. The van der Waals surface area contributed by atoms with Crippen molar-refractivity contribution in [1.82, 2.24) is 9.88 Å². The molecule has 0 aliphatic rings. The molecular weight excluding hydrogens is 262 g/mol. The Labute approximate surface area is 127 Å². The van der Waals surface area contributed by atoms with Gasteiger partial charge in [-0.2, -0.15) is 0 Å². The van der Waals surface area contributed by atoms with Gasteiger partial charge in [0.25, 0.3) is 0 Å². The molecule has 21 heavy (non-hydrogen) atoms. The van der Waals surface area contributed by atoms with Gasteiger partial charge in [0.1, 0.15) is 11.6 Å². The highest BCUT2D eigenvalue weighted by Gasteiger charge is 2.10. The third-order valence-corrected chi connectivity index (χ3v) is 3.78. The van der Waals surface area contributed by atoms with Gasteiger partial charge in [-0.3, -0.25) is 0 Å². The first-order valence-corrected chi connectivity index (χ1v) is 7.59. The third kappa shape index (κ3) is 3.85. The Morgan fingerprint density at radius 3 is 2.67 bits per heavy atom. The summed E-state index contributed by atoms with van der Waals surface area (Å²) >= 11 is 0. The first-order valence-electron chi connectivity index (χ1n) is 7.59. The van der Waals surface area contributed by atoms with Gasteiger partial charge in [-0.25, -0.2) is 4.98 Å². The van der Waals surface area contributed by atoms with Crippen LogP contribution in [-0.2, 0) is 0 Å². The minimum absolute atomic E-state index is 0.342. The average molecular weight is 287 g/mol. The molecule has 1 N–H and O–H groups in total. The van der Waals surface area contributed by atoms with Crippen molar-refractivity contribution in [3.05, 3.63) is 30.5 Å². The van der Waals surface area contributed by atoms with E-state index in [4.69, 9.17) is 4.74 Å². The van der Waals surface area contributed by atoms with Crippen LogP contribution in [0.1, 0.15) is 20.8 Å². The van der Waals surface area contributed by atoms with Gasteiger partial charge in [0.15, 0.2) is 0 Å². The fraction of sp³-hybridized carbons (Fsp3) is 0.471. The van der Waals surface area contributed by atoms with Crippen LogP contribution in [0.5, 0.6) is 5.75 Å². The maximum absolute atomic E-state index is 5.32. The molecule has 0 bridgehead atoms. The Kier molecular flexibility index (Phi) is 5.39. The number of fused-ring (bicyclic) bond motifs is 1. The maximum atomic E-state index is 5.32. The summed E-state index contributed by atoms with van der Waals surface area (Å²) in [6, 6.07) is 8.44. The number of nitrogens with zero attached hydrogens (tertiary/aromatic N) is 2. The number of pyridine rings is 1. The van der Waals surface area contributed by atoms with Gasteiger partial charge < -0.3 is 15.0 Å². The SMILES string of the molecule is CCN(CC)CC(C)Nc1nccc2ccc(OC)cc12. The molecule has 0 fully saturated rings. The van der Waals surface area contributed by atoms with Crippen LogP contribution in [0.15, 0.2) is 30.5 Å². The summed E-state index contributed by atoms with van der Waals surface area (Å²) in [5, 5.41) is 5.80. The van der Waals surface area contributed by atoms with Gasteiger partial charge in [-0.05, 0) is 43.6 Å². The molecule has 0 aliphatic heterocycles. The lowest BCUT2D eigenvalue weighted by Crippen LogP contribution is -2.34. The van der Waals surface area contributed by atoms with Crippen molar-refractivity contribution in [3.63, 3.8) is 0 Å². The lowest BCUT2D eigenvalue weighted by molar-refractivity contribution is 0.294. The molecule has 0 saturated heterocycles. The van der Waals surface area contributed by atoms with Crippen molar-refractivity contribution in [2.24, 2.45) is 0 Å². The quantitative estimate of drug-likeness (QED) is 0.847. The van der Waals surface area contributed by atoms with E-state index in [9.17, 15) is 0 Å². The number of rotatable bonds is 7. The predicted molar refractivity (Wildman–Crippen MR) is 89.2 cm³/mol. The van der Waals surface area contributed by atoms with Gasteiger partial charge in [-0.1, -0.05) is 19.9 Å². The number of benzene rings is 1. The standard InChI is InChI=1S/C17H25N3O/c1-5-20(6-2)12-13(3)19-17-16-11-15(21-4)8-7-14(16)9-10-18-17/h7-11,13H,5-6,12H2,1-4H3,(H,18,19). The maximum Gasteiger partial charge on any atom is 0.134 e. The molecule has 1 unspecified atom stereocenters. The van der Waals surface area contributed by atoms with Crippen molar-refractivity contribution >= 4 is 16.6 Å². The first-order chi connectivity index (χ1) is 10.2. The van der Waals surface area contributed by atoms with Crippen LogP contribution >= 0.6 is 0 Å². The van der Waals surface area contributed by atoms with Crippen LogP contribution < -0.4 is 10.1 Å². The minimum atomic E-state index is 0.342. The largest absolute Gasteiger partial charge is 0.497 e. The number of methoxy groups -OCH3 is 1. The van der Waals surface area contributed by atoms with Crippen LogP contribution in [0.3, 0.4) is 0 Å². The van der Waals surface area contributed by atoms with E-state index >= 15 is 0 Å². The van der Waals surface area contributed by atoms with Crippen molar-refractivity contribution < 1.29 is 4.74 Å². The van der Waals surface area contributed by atoms with Crippen LogP contribution in [-0.4, -0.2) is 42.7 Å². The summed E-state index contributed by atoms with van der Waals surface area (Å²) in [6.45, 7) is 9.72. The van der Waals surface area contributed by atoms with E-state index in [1.54, 1.807) is 7.11 Å². The van der Waals surface area contributed by atoms with Gasteiger partial charge in [0, 0.05) is 24.2 Å². The topological polar surface area (TPSA) is 37.4 Å². The van der Waals surface area contributed by atoms with Gasteiger partial charge in [-0.15, -0.1) is 0 Å². The second-order valence-corrected chi connectivity index (χ2v) is 5.28. The Morgan fingerprint density at radius 1 is 1.24 bits per heavy atom. The minimum Gasteiger partial charge on any atom is -0.497 e. The highest BCUT2D eigenvalue weighted by molar-refractivity contribution is 5.92. The number of ether oxygens (including phenoxy) is 1. The zero-order valence-electron chi connectivity index (χ0n) is 13.4. The zero-order valence-corrected chi connectivity index (χ0v) is 13.4. The predicted octanol–water partition coefficient (Wildman–Crippen LogP) is 3.39. The summed E-state index contributed by atoms with van der Waals surface area (Å²) < 4.78 is 5.32. The summed E-state index contributed by atoms with van der Waals surface area (Å²) in [5.41, 5.74) is 0. The number of hydrogen-bond donors (Lipinski definition) is 1. The Bertz CT molecular complexity index is 581. The number of hydrogen-bond acceptors (Lipinski definition) is 4. The second kappa shape index (κ2) is 7.27. The molecular formula is C17H25N3O. The highest BCUT2D eigenvalue weighted by atomic mass is 16.5. The van der Waals surface area contributed by atoms with E-state index in [1.165, 1.54) is 5.39 Å². The summed E-state index contributed by atoms with van der Waals surface area (Å²) in [6.07, 6.45) is 1.85. The van der Waals surface area contributed by atoms with Crippen LogP contribution in [0.2, 0.25) is 0 Å². The monoisotopic (exact) mass is 287 g/mol. The molecule has 1 aromatic heterocycles. The molecule has 2 rings (SSSR count). The zero-order chi connectivity index (χ0) is 15.2. The van der Waals surface area contributed by atoms with Crippen molar-refractivity contribution in [3.8, 4) is 5.75 Å². The molecule has 4 nitrogen and oxygen atoms in total. The molecule has 0 amide bonds. The lowest BCUT2D eigenvalue weighted by atomic mass is 10.1. The molecule has 2 aromatic rings. The lowest BCUT2D eigenvalue weighted by Gasteiger charge is -2.24. The van der Waals surface area contributed by atoms with Crippen molar-refractivity contribution in [1.29, 1.82) is 0 Å².